The van der Waals surface area contributed by atoms with Crippen LogP contribution in [0.1, 0.15) is 24.5 Å². The summed E-state index contributed by atoms with van der Waals surface area (Å²) >= 11 is 0. The number of nitrogens with zero attached hydrogens (tertiary/aromatic N) is 2. The molecular formula is C35H38FN3O6S. The van der Waals surface area contributed by atoms with Gasteiger partial charge in [0, 0.05) is 25.1 Å². The molecule has 0 aliphatic heterocycles. The molecule has 9 nitrogen and oxygen atoms in total. The zero-order valence-electron chi connectivity index (χ0n) is 26.1. The molecule has 0 saturated carbocycles. The van der Waals surface area contributed by atoms with E-state index in [-0.39, 0.29) is 34.9 Å². The molecule has 4 aromatic rings. The molecule has 1 N–H and O–H groups in total. The number of carbonyl (C=O) groups excluding carboxylic acids is 2. The molecule has 0 bridgehead atoms. The molecule has 46 heavy (non-hydrogen) atoms. The van der Waals surface area contributed by atoms with Crippen LogP contribution in [0.4, 0.5) is 10.1 Å². The lowest BCUT2D eigenvalue weighted by Crippen LogP contribution is -2.53. The second-order valence-electron chi connectivity index (χ2n) is 10.5. The molecule has 0 fully saturated rings. The quantitative estimate of drug-likeness (QED) is 0.190. The van der Waals surface area contributed by atoms with E-state index in [1.807, 2.05) is 37.3 Å². The largest absolute Gasteiger partial charge is 0.497 e. The first-order valence-electron chi connectivity index (χ1n) is 14.8. The van der Waals surface area contributed by atoms with Gasteiger partial charge >= 0.3 is 0 Å². The van der Waals surface area contributed by atoms with Crippen molar-refractivity contribution in [2.75, 3.05) is 31.6 Å². The number of nitrogens with one attached hydrogen (secondary N) is 1. The Morgan fingerprint density at radius 1 is 0.848 bits per heavy atom. The molecule has 1 unspecified atom stereocenters. The van der Waals surface area contributed by atoms with Gasteiger partial charge in [-0.25, -0.2) is 12.8 Å². The highest BCUT2D eigenvalue weighted by Crippen LogP contribution is 2.33. The highest BCUT2D eigenvalue weighted by atomic mass is 32.2. The molecule has 0 aliphatic rings. The number of halogens is 1. The first-order valence-corrected chi connectivity index (χ1v) is 16.3. The first-order chi connectivity index (χ1) is 22.2. The van der Waals surface area contributed by atoms with Crippen LogP contribution in [0.25, 0.3) is 0 Å². The van der Waals surface area contributed by atoms with E-state index in [0.29, 0.717) is 18.7 Å². The van der Waals surface area contributed by atoms with Crippen LogP contribution >= 0.6 is 0 Å². The Morgan fingerprint density at radius 3 is 2.15 bits per heavy atom. The summed E-state index contributed by atoms with van der Waals surface area (Å²) in [6.07, 6.45) is 0.781. The van der Waals surface area contributed by atoms with Gasteiger partial charge in [0.1, 0.15) is 29.9 Å². The second-order valence-corrected chi connectivity index (χ2v) is 12.3. The number of ether oxygens (including phenoxy) is 2. The number of anilines is 1. The standard InChI is InChI=1S/C35H38FN3O6S/c1-4-22-37-35(41)32(23-26-12-6-5-7-13-26)38(24-27-14-8-9-15-30(27)36)34(40)25-39(31-16-10-11-17-33(31)45-3)46(42,43)29-20-18-28(44-2)19-21-29/h5-21,32H,4,22-25H2,1-3H3,(H,37,41). The Balaban J connectivity index is 1.83. The lowest BCUT2D eigenvalue weighted by Gasteiger charge is -2.34. The number of carbonyl (C=O) groups is 2. The van der Waals surface area contributed by atoms with E-state index in [9.17, 15) is 18.0 Å². The van der Waals surface area contributed by atoms with Gasteiger partial charge in [-0.3, -0.25) is 13.9 Å². The van der Waals surface area contributed by atoms with Crippen LogP contribution in [0.15, 0.2) is 108 Å². The van der Waals surface area contributed by atoms with Crippen molar-refractivity contribution in [3.8, 4) is 11.5 Å². The SMILES string of the molecule is CCCNC(=O)C(Cc1ccccc1)N(Cc1ccccc1F)C(=O)CN(c1ccccc1OC)S(=O)(=O)c1ccc(OC)cc1. The van der Waals surface area contributed by atoms with Crippen molar-refractivity contribution >= 4 is 27.5 Å². The van der Waals surface area contributed by atoms with Gasteiger partial charge in [-0.05, 0) is 54.4 Å². The summed E-state index contributed by atoms with van der Waals surface area (Å²) in [6.45, 7) is 1.30. The molecule has 0 saturated heterocycles. The zero-order chi connectivity index (χ0) is 33.1. The summed E-state index contributed by atoms with van der Waals surface area (Å²) in [4.78, 5) is 29.4. The molecule has 242 valence electrons. The normalized spacial score (nSPS) is 11.7. The summed E-state index contributed by atoms with van der Waals surface area (Å²) in [5.74, 6) is -1.03. The maximum atomic E-state index is 15.0. The van der Waals surface area contributed by atoms with Crippen molar-refractivity contribution in [1.29, 1.82) is 0 Å². The van der Waals surface area contributed by atoms with Crippen molar-refractivity contribution in [3.63, 3.8) is 0 Å². The molecular weight excluding hydrogens is 609 g/mol. The van der Waals surface area contributed by atoms with Crippen LogP contribution in [0.2, 0.25) is 0 Å². The highest BCUT2D eigenvalue weighted by Gasteiger charge is 2.35. The fourth-order valence-corrected chi connectivity index (χ4v) is 6.38. The molecule has 0 spiro atoms. The van der Waals surface area contributed by atoms with Gasteiger partial charge in [0.05, 0.1) is 24.8 Å². The maximum absolute atomic E-state index is 15.0. The number of methoxy groups -OCH3 is 2. The van der Waals surface area contributed by atoms with E-state index in [4.69, 9.17) is 9.47 Å². The minimum Gasteiger partial charge on any atom is -0.497 e. The van der Waals surface area contributed by atoms with Crippen molar-refractivity contribution < 1.29 is 31.9 Å². The van der Waals surface area contributed by atoms with E-state index in [1.54, 1.807) is 24.3 Å². The van der Waals surface area contributed by atoms with Gasteiger partial charge in [-0.15, -0.1) is 0 Å². The van der Waals surface area contributed by atoms with Gasteiger partial charge in [-0.2, -0.15) is 0 Å². The predicted molar refractivity (Wildman–Crippen MR) is 175 cm³/mol. The number of rotatable bonds is 15. The van der Waals surface area contributed by atoms with Crippen LogP contribution in [-0.4, -0.2) is 58.5 Å². The molecule has 4 rings (SSSR count). The number of benzene rings is 4. The van der Waals surface area contributed by atoms with Crippen LogP contribution in [0.5, 0.6) is 11.5 Å². The Morgan fingerprint density at radius 2 is 1.50 bits per heavy atom. The molecule has 0 heterocycles. The number of sulfonamides is 1. The lowest BCUT2D eigenvalue weighted by atomic mass is 10.0. The third-order valence-corrected chi connectivity index (χ3v) is 9.17. The van der Waals surface area contributed by atoms with E-state index in [2.05, 4.69) is 5.32 Å². The Hall–Kier alpha value is -4.90. The smallest absolute Gasteiger partial charge is 0.264 e. The molecule has 1 atom stereocenters. The average Bonchev–Trinajstić information content (AvgIpc) is 3.08. The molecule has 4 aromatic carbocycles. The fraction of sp³-hybridized carbons (Fsp3) is 0.257. The van der Waals surface area contributed by atoms with Crippen LogP contribution < -0.4 is 19.1 Å². The molecule has 0 aromatic heterocycles. The number of amides is 2. The number of hydrogen-bond donors (Lipinski definition) is 1. The highest BCUT2D eigenvalue weighted by molar-refractivity contribution is 7.92. The van der Waals surface area contributed by atoms with Gasteiger partial charge in [0.2, 0.25) is 11.8 Å². The predicted octanol–water partition coefficient (Wildman–Crippen LogP) is 5.20. The summed E-state index contributed by atoms with van der Waals surface area (Å²) in [5, 5.41) is 2.87. The summed E-state index contributed by atoms with van der Waals surface area (Å²) in [6, 6.07) is 26.3. The second kappa shape index (κ2) is 15.9. The minimum absolute atomic E-state index is 0.0887. The molecule has 0 radical (unpaired) electrons. The molecule has 11 heteroatoms. The van der Waals surface area contributed by atoms with E-state index in [1.165, 1.54) is 67.7 Å². The van der Waals surface area contributed by atoms with Crippen molar-refractivity contribution in [2.24, 2.45) is 0 Å². The third kappa shape index (κ3) is 8.22. The van der Waals surface area contributed by atoms with E-state index < -0.39 is 40.2 Å². The Labute approximate surface area is 269 Å². The van der Waals surface area contributed by atoms with E-state index in [0.717, 1.165) is 9.87 Å². The maximum Gasteiger partial charge on any atom is 0.264 e. The topological polar surface area (TPSA) is 105 Å². The zero-order valence-corrected chi connectivity index (χ0v) is 26.9. The summed E-state index contributed by atoms with van der Waals surface area (Å²) < 4.78 is 55.1. The minimum atomic E-state index is -4.36. The van der Waals surface area contributed by atoms with Gasteiger partial charge in [0.15, 0.2) is 0 Å². The lowest BCUT2D eigenvalue weighted by molar-refractivity contribution is -0.140. The summed E-state index contributed by atoms with van der Waals surface area (Å²) in [7, 11) is -1.50. The van der Waals surface area contributed by atoms with Crippen molar-refractivity contribution in [1.82, 2.24) is 10.2 Å². The Kier molecular flexibility index (Phi) is 11.7. The number of hydrogen-bond acceptors (Lipinski definition) is 6. The summed E-state index contributed by atoms with van der Waals surface area (Å²) in [5.41, 5.74) is 1.08. The van der Waals surface area contributed by atoms with Crippen LogP contribution in [0, 0.1) is 5.82 Å². The van der Waals surface area contributed by atoms with Crippen LogP contribution in [-0.2, 0) is 32.6 Å². The monoisotopic (exact) mass is 647 g/mol. The van der Waals surface area contributed by atoms with Crippen LogP contribution in [0.3, 0.4) is 0 Å². The molecule has 2 amide bonds. The van der Waals surface area contributed by atoms with Gasteiger partial charge in [0.25, 0.3) is 10.0 Å². The molecule has 0 aliphatic carbocycles. The van der Waals surface area contributed by atoms with Gasteiger partial charge in [-0.1, -0.05) is 67.6 Å². The fourth-order valence-electron chi connectivity index (χ4n) is 4.95. The average molecular weight is 648 g/mol. The third-order valence-electron chi connectivity index (χ3n) is 7.40. The van der Waals surface area contributed by atoms with E-state index >= 15 is 4.39 Å². The Bertz CT molecular complexity index is 1720. The van der Waals surface area contributed by atoms with Gasteiger partial charge < -0.3 is 19.7 Å². The first kappa shape index (κ1) is 34.0. The van der Waals surface area contributed by atoms with Crippen molar-refractivity contribution in [3.05, 3.63) is 120 Å². The van der Waals surface area contributed by atoms with Crippen molar-refractivity contribution in [2.45, 2.75) is 37.2 Å². The number of para-hydroxylation sites is 2.